The molecular weight excluding hydrogens is 196 g/mol. The number of aliphatic hydroxyl groups is 1. The van der Waals surface area contributed by atoms with Crippen molar-refractivity contribution in [3.05, 3.63) is 34.9 Å². The average molecular weight is 214 g/mol. The molecule has 1 aliphatic rings. The zero-order valence-corrected chi connectivity index (χ0v) is 9.79. The smallest absolute Gasteiger partial charge is 0.0977 e. The van der Waals surface area contributed by atoms with E-state index in [1.165, 1.54) is 30.4 Å². The Hall–Kier alpha value is -1.26. The topological polar surface area (TPSA) is 20.2 Å². The molecule has 84 valence electrons. The minimum Gasteiger partial charge on any atom is -0.384 e. The first-order chi connectivity index (χ1) is 7.63. The van der Waals surface area contributed by atoms with Gasteiger partial charge >= 0.3 is 0 Å². The van der Waals surface area contributed by atoms with E-state index in [1.54, 1.807) is 6.92 Å². The fraction of sp³-hybridized carbons (Fsp3) is 0.467. The number of terminal acetylenes is 1. The Morgan fingerprint density at radius 3 is 2.69 bits per heavy atom. The third kappa shape index (κ3) is 2.13. The SMILES string of the molecule is C#CCC(C)(O)c1ccc2c(c1)CCCC2. The van der Waals surface area contributed by atoms with Crippen LogP contribution in [0.1, 0.15) is 42.9 Å². The highest BCUT2D eigenvalue weighted by Gasteiger charge is 2.23. The van der Waals surface area contributed by atoms with Crippen molar-refractivity contribution >= 4 is 0 Å². The van der Waals surface area contributed by atoms with Crippen LogP contribution in [0.4, 0.5) is 0 Å². The molecule has 0 amide bonds. The van der Waals surface area contributed by atoms with Crippen molar-refractivity contribution in [3.8, 4) is 12.3 Å². The predicted molar refractivity (Wildman–Crippen MR) is 66.1 cm³/mol. The maximum Gasteiger partial charge on any atom is 0.0977 e. The molecule has 0 fully saturated rings. The van der Waals surface area contributed by atoms with Gasteiger partial charge in [-0.25, -0.2) is 0 Å². The molecule has 1 heteroatoms. The third-order valence-electron chi connectivity index (χ3n) is 3.42. The maximum atomic E-state index is 10.2. The van der Waals surface area contributed by atoms with Crippen LogP contribution >= 0.6 is 0 Å². The molecule has 1 aromatic carbocycles. The summed E-state index contributed by atoms with van der Waals surface area (Å²) in [5, 5.41) is 10.2. The van der Waals surface area contributed by atoms with Gasteiger partial charge in [0.25, 0.3) is 0 Å². The van der Waals surface area contributed by atoms with E-state index in [4.69, 9.17) is 6.42 Å². The number of hydrogen-bond donors (Lipinski definition) is 1. The van der Waals surface area contributed by atoms with E-state index >= 15 is 0 Å². The average Bonchev–Trinajstić information content (AvgIpc) is 2.28. The summed E-state index contributed by atoms with van der Waals surface area (Å²) in [6.07, 6.45) is 10.5. The van der Waals surface area contributed by atoms with E-state index in [0.29, 0.717) is 6.42 Å². The highest BCUT2D eigenvalue weighted by atomic mass is 16.3. The Labute approximate surface area is 97.5 Å². The molecule has 1 unspecified atom stereocenters. The summed E-state index contributed by atoms with van der Waals surface area (Å²) in [6, 6.07) is 6.29. The normalized spacial score (nSPS) is 18.3. The second kappa shape index (κ2) is 4.31. The zero-order valence-electron chi connectivity index (χ0n) is 9.79. The van der Waals surface area contributed by atoms with Gasteiger partial charge in [-0.05, 0) is 49.3 Å². The van der Waals surface area contributed by atoms with Gasteiger partial charge in [-0.15, -0.1) is 12.3 Å². The van der Waals surface area contributed by atoms with Crippen molar-refractivity contribution in [2.24, 2.45) is 0 Å². The molecule has 16 heavy (non-hydrogen) atoms. The van der Waals surface area contributed by atoms with Gasteiger partial charge in [0.05, 0.1) is 5.60 Å². The predicted octanol–water partition coefficient (Wildman–Crippen LogP) is 2.80. The van der Waals surface area contributed by atoms with Crippen LogP contribution in [0.2, 0.25) is 0 Å². The van der Waals surface area contributed by atoms with Gasteiger partial charge in [0.2, 0.25) is 0 Å². The summed E-state index contributed by atoms with van der Waals surface area (Å²) >= 11 is 0. The molecular formula is C15H18O. The highest BCUT2D eigenvalue weighted by molar-refractivity contribution is 5.36. The molecule has 0 heterocycles. The Morgan fingerprint density at radius 2 is 2.00 bits per heavy atom. The summed E-state index contributed by atoms with van der Waals surface area (Å²) in [5.41, 5.74) is 2.89. The second-order valence-electron chi connectivity index (χ2n) is 4.85. The zero-order chi connectivity index (χ0) is 11.6. The van der Waals surface area contributed by atoms with Gasteiger partial charge in [-0.3, -0.25) is 0 Å². The first-order valence-electron chi connectivity index (χ1n) is 5.91. The van der Waals surface area contributed by atoms with Gasteiger partial charge < -0.3 is 5.11 Å². The summed E-state index contributed by atoms with van der Waals surface area (Å²) in [6.45, 7) is 1.79. The number of benzene rings is 1. The molecule has 1 nitrogen and oxygen atoms in total. The summed E-state index contributed by atoms with van der Waals surface area (Å²) in [5.74, 6) is 2.54. The Balaban J connectivity index is 2.33. The van der Waals surface area contributed by atoms with Crippen LogP contribution in [0.3, 0.4) is 0 Å². The lowest BCUT2D eigenvalue weighted by atomic mass is 9.85. The van der Waals surface area contributed by atoms with Gasteiger partial charge in [-0.2, -0.15) is 0 Å². The van der Waals surface area contributed by atoms with Crippen LogP contribution in [-0.2, 0) is 18.4 Å². The molecule has 2 rings (SSSR count). The molecule has 1 atom stereocenters. The molecule has 0 bridgehead atoms. The van der Waals surface area contributed by atoms with Crippen molar-refractivity contribution in [2.45, 2.75) is 44.6 Å². The van der Waals surface area contributed by atoms with Crippen LogP contribution in [-0.4, -0.2) is 5.11 Å². The molecule has 1 aromatic rings. The fourth-order valence-corrected chi connectivity index (χ4v) is 2.37. The van der Waals surface area contributed by atoms with Gasteiger partial charge in [0.1, 0.15) is 0 Å². The monoisotopic (exact) mass is 214 g/mol. The van der Waals surface area contributed by atoms with E-state index in [2.05, 4.69) is 18.1 Å². The van der Waals surface area contributed by atoms with Crippen LogP contribution in [0.25, 0.3) is 0 Å². The molecule has 0 spiro atoms. The van der Waals surface area contributed by atoms with E-state index < -0.39 is 5.60 Å². The minimum atomic E-state index is -0.888. The van der Waals surface area contributed by atoms with Crippen LogP contribution in [0, 0.1) is 12.3 Å². The molecule has 1 aliphatic carbocycles. The van der Waals surface area contributed by atoms with Crippen molar-refractivity contribution in [1.29, 1.82) is 0 Å². The maximum absolute atomic E-state index is 10.2. The van der Waals surface area contributed by atoms with E-state index in [9.17, 15) is 5.11 Å². The molecule has 0 aliphatic heterocycles. The molecule has 0 aromatic heterocycles. The minimum absolute atomic E-state index is 0.367. The molecule has 0 radical (unpaired) electrons. The summed E-state index contributed by atoms with van der Waals surface area (Å²) in [7, 11) is 0. The first kappa shape index (κ1) is 11.2. The largest absolute Gasteiger partial charge is 0.384 e. The number of hydrogen-bond acceptors (Lipinski definition) is 1. The van der Waals surface area contributed by atoms with Crippen molar-refractivity contribution in [1.82, 2.24) is 0 Å². The lowest BCUT2D eigenvalue weighted by Gasteiger charge is -2.24. The third-order valence-corrected chi connectivity index (χ3v) is 3.42. The van der Waals surface area contributed by atoms with Gasteiger partial charge in [0, 0.05) is 6.42 Å². The highest BCUT2D eigenvalue weighted by Crippen LogP contribution is 2.29. The Morgan fingerprint density at radius 1 is 1.31 bits per heavy atom. The lowest BCUT2D eigenvalue weighted by molar-refractivity contribution is 0.0628. The van der Waals surface area contributed by atoms with Crippen LogP contribution in [0.15, 0.2) is 18.2 Å². The number of aryl methyl sites for hydroxylation is 2. The van der Waals surface area contributed by atoms with Gasteiger partial charge in [-0.1, -0.05) is 18.2 Å². The lowest BCUT2D eigenvalue weighted by Crippen LogP contribution is -2.21. The first-order valence-corrected chi connectivity index (χ1v) is 5.91. The van der Waals surface area contributed by atoms with Crippen LogP contribution < -0.4 is 0 Å². The fourth-order valence-electron chi connectivity index (χ4n) is 2.37. The van der Waals surface area contributed by atoms with E-state index in [0.717, 1.165) is 12.0 Å². The van der Waals surface area contributed by atoms with E-state index in [-0.39, 0.29) is 0 Å². The van der Waals surface area contributed by atoms with Gasteiger partial charge in [0.15, 0.2) is 0 Å². The second-order valence-corrected chi connectivity index (χ2v) is 4.85. The standard InChI is InChI=1S/C15H18O/c1-3-10-15(2,16)14-9-8-12-6-4-5-7-13(12)11-14/h1,8-9,11,16H,4-7,10H2,2H3. The van der Waals surface area contributed by atoms with E-state index in [1.807, 2.05) is 6.07 Å². The van der Waals surface area contributed by atoms with Crippen molar-refractivity contribution in [2.75, 3.05) is 0 Å². The number of fused-ring (bicyclic) bond motifs is 1. The Kier molecular flexibility index (Phi) is 3.03. The van der Waals surface area contributed by atoms with Crippen molar-refractivity contribution in [3.63, 3.8) is 0 Å². The molecule has 1 N–H and O–H groups in total. The number of rotatable bonds is 2. The quantitative estimate of drug-likeness (QED) is 0.751. The molecule has 0 saturated heterocycles. The molecule has 0 saturated carbocycles. The van der Waals surface area contributed by atoms with Crippen LogP contribution in [0.5, 0.6) is 0 Å². The Bertz CT molecular complexity index is 424. The summed E-state index contributed by atoms with van der Waals surface area (Å²) < 4.78 is 0. The summed E-state index contributed by atoms with van der Waals surface area (Å²) in [4.78, 5) is 0. The van der Waals surface area contributed by atoms with Crippen molar-refractivity contribution < 1.29 is 5.11 Å².